The molecule has 1 saturated heterocycles. The molecule has 202 valence electrons. The van der Waals surface area contributed by atoms with Crippen LogP contribution in [0.3, 0.4) is 0 Å². The van der Waals surface area contributed by atoms with Gasteiger partial charge in [-0.05, 0) is 41.8 Å². The summed E-state index contributed by atoms with van der Waals surface area (Å²) >= 11 is 0. The standard InChI is InChI=1S/C28H26F2N4O5/c1-4-23(35)33-19-8-6-5-7-18(19)32-22-11-17-16(13-31-22)14-34(27(36)28(17)9-10-39-15-28)26-24(29)20(37-2)12-21(38-3)25(26)30/h4-8,11-13H,1,9-10,14-15H2,2-3H3,(H,31,32)(H,33,35). The quantitative estimate of drug-likeness (QED) is 0.430. The molecule has 1 unspecified atom stereocenters. The van der Waals surface area contributed by atoms with Gasteiger partial charge in [0.05, 0.1) is 38.7 Å². The van der Waals surface area contributed by atoms with Crippen molar-refractivity contribution in [3.05, 3.63) is 78.0 Å². The fourth-order valence-corrected chi connectivity index (χ4v) is 5.00. The van der Waals surface area contributed by atoms with Crippen LogP contribution in [0.15, 0.2) is 55.3 Å². The summed E-state index contributed by atoms with van der Waals surface area (Å²) in [5, 5.41) is 5.92. The molecule has 1 fully saturated rings. The summed E-state index contributed by atoms with van der Waals surface area (Å²) in [5.74, 6) is -2.98. The molecular weight excluding hydrogens is 510 g/mol. The zero-order chi connectivity index (χ0) is 27.7. The Morgan fingerprint density at radius 3 is 2.46 bits per heavy atom. The first-order chi connectivity index (χ1) is 18.8. The summed E-state index contributed by atoms with van der Waals surface area (Å²) < 4.78 is 46.6. The maximum Gasteiger partial charge on any atom is 0.247 e. The highest BCUT2D eigenvalue weighted by Crippen LogP contribution is 2.46. The highest BCUT2D eigenvalue weighted by atomic mass is 19.1. The van der Waals surface area contributed by atoms with Gasteiger partial charge in [0.15, 0.2) is 23.1 Å². The van der Waals surface area contributed by atoms with E-state index in [1.165, 1.54) is 20.3 Å². The molecular formula is C28H26F2N4O5. The fourth-order valence-electron chi connectivity index (χ4n) is 5.00. The molecule has 0 aliphatic carbocycles. The van der Waals surface area contributed by atoms with Gasteiger partial charge in [0.1, 0.15) is 16.9 Å². The molecule has 1 spiro atoms. The summed E-state index contributed by atoms with van der Waals surface area (Å²) in [6, 6.07) is 9.89. The van der Waals surface area contributed by atoms with Gasteiger partial charge in [-0.1, -0.05) is 18.7 Å². The van der Waals surface area contributed by atoms with Crippen molar-refractivity contribution in [2.24, 2.45) is 0 Å². The van der Waals surface area contributed by atoms with E-state index in [0.717, 1.165) is 11.0 Å². The molecule has 0 bridgehead atoms. The summed E-state index contributed by atoms with van der Waals surface area (Å²) in [4.78, 5) is 31.4. The fraction of sp³-hybridized carbons (Fsp3) is 0.250. The Hall–Kier alpha value is -4.51. The number of ether oxygens (including phenoxy) is 3. The molecule has 2 aromatic carbocycles. The first-order valence-corrected chi connectivity index (χ1v) is 12.1. The van der Waals surface area contributed by atoms with Gasteiger partial charge in [-0.15, -0.1) is 0 Å². The third-order valence-corrected chi connectivity index (χ3v) is 6.96. The van der Waals surface area contributed by atoms with E-state index in [0.29, 0.717) is 41.3 Å². The minimum atomic E-state index is -1.18. The van der Waals surface area contributed by atoms with E-state index in [1.54, 1.807) is 36.5 Å². The molecule has 1 aromatic heterocycles. The number of anilines is 4. The zero-order valence-electron chi connectivity index (χ0n) is 21.3. The van der Waals surface area contributed by atoms with Crippen LogP contribution in [0.25, 0.3) is 0 Å². The second-order valence-corrected chi connectivity index (χ2v) is 9.12. The van der Waals surface area contributed by atoms with Gasteiger partial charge in [0, 0.05) is 18.9 Å². The van der Waals surface area contributed by atoms with Gasteiger partial charge < -0.3 is 29.7 Å². The average molecular weight is 537 g/mol. The van der Waals surface area contributed by atoms with Gasteiger partial charge in [-0.2, -0.15) is 0 Å². The molecule has 11 heteroatoms. The third kappa shape index (κ3) is 4.44. The number of hydrogen-bond donors (Lipinski definition) is 2. The third-order valence-electron chi connectivity index (χ3n) is 6.96. The number of carbonyl (C=O) groups excluding carboxylic acids is 2. The zero-order valence-corrected chi connectivity index (χ0v) is 21.3. The van der Waals surface area contributed by atoms with E-state index < -0.39 is 28.6 Å². The smallest absolute Gasteiger partial charge is 0.247 e. The number of rotatable bonds is 7. The lowest BCUT2D eigenvalue weighted by Crippen LogP contribution is -2.52. The second kappa shape index (κ2) is 10.3. The van der Waals surface area contributed by atoms with Crippen molar-refractivity contribution in [3.8, 4) is 11.5 Å². The van der Waals surface area contributed by atoms with Gasteiger partial charge in [0.2, 0.25) is 11.8 Å². The number of carbonyl (C=O) groups is 2. The predicted molar refractivity (Wildman–Crippen MR) is 141 cm³/mol. The SMILES string of the molecule is C=CC(=O)Nc1ccccc1Nc1cc2c(cn1)CN(c1c(F)c(OC)cc(OC)c1F)C(=O)C21CCOC1. The van der Waals surface area contributed by atoms with Crippen molar-refractivity contribution in [3.63, 3.8) is 0 Å². The molecule has 39 heavy (non-hydrogen) atoms. The average Bonchev–Trinajstić information content (AvgIpc) is 3.44. The Morgan fingerprint density at radius 1 is 1.15 bits per heavy atom. The van der Waals surface area contributed by atoms with Crippen LogP contribution < -0.4 is 25.0 Å². The van der Waals surface area contributed by atoms with Crippen LogP contribution in [0.1, 0.15) is 17.5 Å². The van der Waals surface area contributed by atoms with Gasteiger partial charge in [-0.25, -0.2) is 13.8 Å². The van der Waals surface area contributed by atoms with Gasteiger partial charge in [-0.3, -0.25) is 9.59 Å². The van der Waals surface area contributed by atoms with Crippen LogP contribution >= 0.6 is 0 Å². The molecule has 2 aliphatic heterocycles. The van der Waals surface area contributed by atoms with E-state index in [4.69, 9.17) is 14.2 Å². The monoisotopic (exact) mass is 536 g/mol. The first kappa shape index (κ1) is 26.1. The Morgan fingerprint density at radius 2 is 1.85 bits per heavy atom. The minimum absolute atomic E-state index is 0.0368. The van der Waals surface area contributed by atoms with Crippen molar-refractivity contribution in [1.82, 2.24) is 4.98 Å². The van der Waals surface area contributed by atoms with E-state index in [2.05, 4.69) is 22.2 Å². The number of methoxy groups -OCH3 is 2. The van der Waals surface area contributed by atoms with Gasteiger partial charge >= 0.3 is 0 Å². The molecule has 2 aliphatic rings. The van der Waals surface area contributed by atoms with Crippen molar-refractivity contribution in [2.75, 3.05) is 43.0 Å². The van der Waals surface area contributed by atoms with Crippen LogP contribution in [0.4, 0.5) is 31.7 Å². The second-order valence-electron chi connectivity index (χ2n) is 9.12. The molecule has 2 amide bonds. The number of para-hydroxylation sites is 2. The topological polar surface area (TPSA) is 102 Å². The van der Waals surface area contributed by atoms with Crippen molar-refractivity contribution < 1.29 is 32.6 Å². The first-order valence-electron chi connectivity index (χ1n) is 12.1. The summed E-state index contributed by atoms with van der Waals surface area (Å²) in [6.45, 7) is 3.68. The summed E-state index contributed by atoms with van der Waals surface area (Å²) in [6.07, 6.45) is 3.04. The van der Waals surface area contributed by atoms with Crippen LogP contribution in [-0.2, 0) is 26.3 Å². The largest absolute Gasteiger partial charge is 0.493 e. The predicted octanol–water partition coefficient (Wildman–Crippen LogP) is 4.45. The lowest BCUT2D eigenvalue weighted by Gasteiger charge is -2.40. The van der Waals surface area contributed by atoms with Crippen LogP contribution in [-0.4, -0.2) is 44.2 Å². The number of fused-ring (bicyclic) bond motifs is 2. The van der Waals surface area contributed by atoms with Crippen LogP contribution in [0.5, 0.6) is 11.5 Å². The number of aromatic nitrogens is 1. The highest BCUT2D eigenvalue weighted by Gasteiger charge is 2.52. The summed E-state index contributed by atoms with van der Waals surface area (Å²) in [5.41, 5.74) is 0.622. The molecule has 3 aromatic rings. The molecule has 3 heterocycles. The number of pyridine rings is 1. The van der Waals surface area contributed by atoms with Crippen molar-refractivity contribution >= 4 is 34.7 Å². The molecule has 0 saturated carbocycles. The van der Waals surface area contributed by atoms with Crippen LogP contribution in [0.2, 0.25) is 0 Å². The molecule has 2 N–H and O–H groups in total. The number of hydrogen-bond acceptors (Lipinski definition) is 7. The van der Waals surface area contributed by atoms with Crippen molar-refractivity contribution in [1.29, 1.82) is 0 Å². The van der Waals surface area contributed by atoms with E-state index in [9.17, 15) is 9.59 Å². The molecule has 5 rings (SSSR count). The molecule has 1 atom stereocenters. The van der Waals surface area contributed by atoms with E-state index in [1.807, 2.05) is 0 Å². The summed E-state index contributed by atoms with van der Waals surface area (Å²) in [7, 11) is 2.50. The van der Waals surface area contributed by atoms with Gasteiger partial charge in [0.25, 0.3) is 0 Å². The number of halogens is 2. The Kier molecular flexibility index (Phi) is 6.92. The Bertz CT molecular complexity index is 1440. The maximum absolute atomic E-state index is 15.4. The van der Waals surface area contributed by atoms with E-state index in [-0.39, 0.29) is 30.6 Å². The number of benzene rings is 2. The van der Waals surface area contributed by atoms with Crippen LogP contribution in [0, 0.1) is 11.6 Å². The maximum atomic E-state index is 15.4. The number of amides is 2. The molecule has 0 radical (unpaired) electrons. The highest BCUT2D eigenvalue weighted by molar-refractivity contribution is 6.04. The normalized spacial score (nSPS) is 18.1. The number of nitrogens with one attached hydrogen (secondary N) is 2. The van der Waals surface area contributed by atoms with E-state index >= 15 is 8.78 Å². The molecule has 9 nitrogen and oxygen atoms in total. The Balaban J connectivity index is 1.57. The Labute approximate surface area is 223 Å². The minimum Gasteiger partial charge on any atom is -0.493 e. The van der Waals surface area contributed by atoms with Crippen molar-refractivity contribution in [2.45, 2.75) is 18.4 Å². The lowest BCUT2D eigenvalue weighted by molar-refractivity contribution is -0.125. The number of nitrogens with zero attached hydrogens (tertiary/aromatic N) is 2. The lowest BCUT2D eigenvalue weighted by atomic mass is 9.74.